The first-order chi connectivity index (χ1) is 14.3. The van der Waals surface area contributed by atoms with Gasteiger partial charge in [0.15, 0.2) is 0 Å². The average molecular weight is 418 g/mol. The van der Waals surface area contributed by atoms with E-state index in [0.717, 1.165) is 13.1 Å². The van der Waals surface area contributed by atoms with Crippen LogP contribution in [0.5, 0.6) is 0 Å². The standard InChI is InChI=1S/C22H28FN3O4/c1-5-26(6-2)13-12-24-21(28)20(27)19-18(15-10-8-9-11-16(15)23)17(14(4)25-19)22(29)30-7-3/h8-11,25H,5-7,12-13H2,1-4H3,(H,24,28)/p+1. The van der Waals surface area contributed by atoms with Gasteiger partial charge in [-0.25, -0.2) is 9.18 Å². The number of aromatic amines is 1. The molecule has 0 aliphatic heterocycles. The van der Waals surface area contributed by atoms with Crippen LogP contribution in [-0.2, 0) is 9.53 Å². The van der Waals surface area contributed by atoms with Crippen molar-refractivity contribution in [2.75, 3.05) is 32.8 Å². The molecule has 0 saturated carbocycles. The van der Waals surface area contributed by atoms with Crippen LogP contribution in [0.2, 0.25) is 0 Å². The number of likely N-dealkylation sites (N-methyl/N-ethyl adjacent to an activating group) is 1. The Balaban J connectivity index is 2.41. The van der Waals surface area contributed by atoms with Gasteiger partial charge in [0.2, 0.25) is 0 Å². The molecule has 0 bridgehead atoms. The number of ether oxygens (including phenoxy) is 1. The van der Waals surface area contributed by atoms with E-state index in [2.05, 4.69) is 10.3 Å². The minimum atomic E-state index is -0.860. The minimum Gasteiger partial charge on any atom is -0.462 e. The molecule has 162 valence electrons. The molecular weight excluding hydrogens is 389 g/mol. The Morgan fingerprint density at radius 1 is 1.13 bits per heavy atom. The zero-order valence-corrected chi connectivity index (χ0v) is 17.9. The number of hydrogen-bond acceptors (Lipinski definition) is 4. The molecule has 1 aromatic carbocycles. The molecular formula is C22H29FN3O4+. The third kappa shape index (κ3) is 5.13. The Hall–Kier alpha value is -3.00. The van der Waals surface area contributed by atoms with Gasteiger partial charge in [0, 0.05) is 16.8 Å². The molecule has 1 amide bonds. The fourth-order valence-electron chi connectivity index (χ4n) is 3.34. The van der Waals surface area contributed by atoms with Gasteiger partial charge in [-0.1, -0.05) is 18.2 Å². The molecule has 1 aromatic heterocycles. The predicted molar refractivity (Wildman–Crippen MR) is 111 cm³/mol. The Bertz CT molecular complexity index is 919. The van der Waals surface area contributed by atoms with Gasteiger partial charge in [0.25, 0.3) is 11.7 Å². The number of rotatable bonds is 10. The molecule has 0 saturated heterocycles. The van der Waals surface area contributed by atoms with Crippen LogP contribution >= 0.6 is 0 Å². The Kier molecular flexibility index (Phi) is 8.29. The summed E-state index contributed by atoms with van der Waals surface area (Å²) >= 11 is 0. The van der Waals surface area contributed by atoms with Crippen molar-refractivity contribution in [2.45, 2.75) is 27.7 Å². The number of benzene rings is 1. The number of carbonyl (C=O) groups excluding carboxylic acids is 3. The fraction of sp³-hybridized carbons (Fsp3) is 0.409. The van der Waals surface area contributed by atoms with Crippen LogP contribution in [0.15, 0.2) is 24.3 Å². The van der Waals surface area contributed by atoms with Crippen LogP contribution in [0.25, 0.3) is 11.1 Å². The molecule has 30 heavy (non-hydrogen) atoms. The lowest BCUT2D eigenvalue weighted by molar-refractivity contribution is -0.895. The molecule has 0 unspecified atom stereocenters. The number of aryl methyl sites for hydroxylation is 1. The largest absolute Gasteiger partial charge is 0.462 e. The minimum absolute atomic E-state index is 0.0403. The molecule has 3 N–H and O–H groups in total. The number of hydrogen-bond donors (Lipinski definition) is 3. The SMILES string of the molecule is CCOC(=O)c1c(C)[nH]c(C(=O)C(=O)NCC[NH+](CC)CC)c1-c1ccccc1F. The zero-order valence-electron chi connectivity index (χ0n) is 17.9. The highest BCUT2D eigenvalue weighted by atomic mass is 19.1. The Morgan fingerprint density at radius 2 is 1.80 bits per heavy atom. The second kappa shape index (κ2) is 10.7. The van der Waals surface area contributed by atoms with E-state index < -0.39 is 23.5 Å². The van der Waals surface area contributed by atoms with E-state index in [4.69, 9.17) is 4.74 Å². The van der Waals surface area contributed by atoms with Crippen LogP contribution in [0.4, 0.5) is 4.39 Å². The number of amides is 1. The van der Waals surface area contributed by atoms with Crippen LogP contribution < -0.4 is 10.2 Å². The smallest absolute Gasteiger partial charge is 0.340 e. The second-order valence-electron chi connectivity index (χ2n) is 6.87. The number of nitrogens with one attached hydrogen (secondary N) is 3. The van der Waals surface area contributed by atoms with Crippen molar-refractivity contribution >= 4 is 17.7 Å². The van der Waals surface area contributed by atoms with Gasteiger partial charge < -0.3 is 19.9 Å². The third-order valence-corrected chi connectivity index (χ3v) is 5.01. The summed E-state index contributed by atoms with van der Waals surface area (Å²) in [4.78, 5) is 42.0. The maximum Gasteiger partial charge on any atom is 0.340 e. The van der Waals surface area contributed by atoms with Crippen molar-refractivity contribution in [1.29, 1.82) is 0 Å². The van der Waals surface area contributed by atoms with E-state index in [1.54, 1.807) is 19.9 Å². The van der Waals surface area contributed by atoms with Crippen molar-refractivity contribution < 1.29 is 28.4 Å². The number of carbonyl (C=O) groups is 3. The number of H-pyrrole nitrogens is 1. The highest BCUT2D eigenvalue weighted by Gasteiger charge is 2.30. The van der Waals surface area contributed by atoms with Gasteiger partial charge in [-0.3, -0.25) is 9.59 Å². The Morgan fingerprint density at radius 3 is 2.40 bits per heavy atom. The second-order valence-corrected chi connectivity index (χ2v) is 6.87. The van der Waals surface area contributed by atoms with Crippen LogP contribution in [-0.4, -0.2) is 55.4 Å². The van der Waals surface area contributed by atoms with Gasteiger partial charge in [0.05, 0.1) is 38.3 Å². The summed E-state index contributed by atoms with van der Waals surface area (Å²) in [5.74, 6) is -2.96. The van der Waals surface area contributed by atoms with Gasteiger partial charge in [-0.2, -0.15) is 0 Å². The van der Waals surface area contributed by atoms with E-state index in [9.17, 15) is 18.8 Å². The normalized spacial score (nSPS) is 10.9. The molecule has 0 spiro atoms. The van der Waals surface area contributed by atoms with E-state index in [-0.39, 0.29) is 29.0 Å². The molecule has 0 aliphatic carbocycles. The molecule has 0 aliphatic rings. The molecule has 0 radical (unpaired) electrons. The summed E-state index contributed by atoms with van der Waals surface area (Å²) < 4.78 is 19.6. The third-order valence-electron chi connectivity index (χ3n) is 5.01. The summed E-state index contributed by atoms with van der Waals surface area (Å²) in [6.07, 6.45) is 0. The molecule has 2 aromatic rings. The molecule has 2 rings (SSSR count). The summed E-state index contributed by atoms with van der Waals surface area (Å²) in [7, 11) is 0. The average Bonchev–Trinajstić information content (AvgIpc) is 3.08. The quantitative estimate of drug-likeness (QED) is 0.310. The molecule has 8 heteroatoms. The molecule has 7 nitrogen and oxygen atoms in total. The summed E-state index contributed by atoms with van der Waals surface area (Å²) in [5.41, 5.74) is 0.335. The topological polar surface area (TPSA) is 92.7 Å². The maximum atomic E-state index is 14.5. The molecule has 0 atom stereocenters. The first-order valence-corrected chi connectivity index (χ1v) is 10.2. The number of aromatic nitrogens is 1. The van der Waals surface area contributed by atoms with Crippen molar-refractivity contribution in [3.63, 3.8) is 0 Å². The number of ketones is 1. The van der Waals surface area contributed by atoms with Crippen molar-refractivity contribution in [2.24, 2.45) is 0 Å². The Labute approximate surface area is 175 Å². The van der Waals surface area contributed by atoms with Gasteiger partial charge >= 0.3 is 5.97 Å². The number of Topliss-reactive ketones (excluding diaryl/α,β-unsaturated/α-hetero) is 1. The highest BCUT2D eigenvalue weighted by Crippen LogP contribution is 2.33. The van der Waals surface area contributed by atoms with Gasteiger partial charge in [0.1, 0.15) is 11.5 Å². The molecule has 0 fully saturated rings. The first kappa shape index (κ1) is 23.3. The van der Waals surface area contributed by atoms with Gasteiger partial charge in [-0.15, -0.1) is 0 Å². The number of halogens is 1. The zero-order chi connectivity index (χ0) is 22.3. The lowest BCUT2D eigenvalue weighted by Crippen LogP contribution is -3.12. The van der Waals surface area contributed by atoms with Crippen molar-refractivity contribution in [3.8, 4) is 11.1 Å². The lowest BCUT2D eigenvalue weighted by Gasteiger charge is -2.15. The van der Waals surface area contributed by atoms with E-state index in [1.165, 1.54) is 23.1 Å². The fourth-order valence-corrected chi connectivity index (χ4v) is 3.34. The summed E-state index contributed by atoms with van der Waals surface area (Å²) in [6.45, 7) is 10.3. The van der Waals surface area contributed by atoms with Crippen LogP contribution in [0, 0.1) is 12.7 Å². The van der Waals surface area contributed by atoms with Crippen LogP contribution in [0.3, 0.4) is 0 Å². The van der Waals surface area contributed by atoms with E-state index in [1.807, 2.05) is 13.8 Å². The number of esters is 1. The predicted octanol–water partition coefficient (Wildman–Crippen LogP) is 1.53. The van der Waals surface area contributed by atoms with Gasteiger partial charge in [-0.05, 0) is 33.8 Å². The lowest BCUT2D eigenvalue weighted by atomic mass is 9.98. The first-order valence-electron chi connectivity index (χ1n) is 10.2. The van der Waals surface area contributed by atoms with E-state index >= 15 is 0 Å². The van der Waals surface area contributed by atoms with Crippen LogP contribution in [0.1, 0.15) is 47.3 Å². The monoisotopic (exact) mass is 418 g/mol. The van der Waals surface area contributed by atoms with Crippen molar-refractivity contribution in [1.82, 2.24) is 10.3 Å². The van der Waals surface area contributed by atoms with Crippen molar-refractivity contribution in [3.05, 3.63) is 47.0 Å². The maximum absolute atomic E-state index is 14.5. The summed E-state index contributed by atoms with van der Waals surface area (Å²) in [5, 5.41) is 2.62. The number of quaternary nitrogens is 1. The van der Waals surface area contributed by atoms with E-state index in [0.29, 0.717) is 18.8 Å². The molecule has 1 heterocycles. The highest BCUT2D eigenvalue weighted by molar-refractivity contribution is 6.43. The summed E-state index contributed by atoms with van der Waals surface area (Å²) in [6, 6.07) is 5.79.